The summed E-state index contributed by atoms with van der Waals surface area (Å²) in [5, 5.41) is 3.10. The van der Waals surface area contributed by atoms with E-state index in [0.29, 0.717) is 36.9 Å². The summed E-state index contributed by atoms with van der Waals surface area (Å²) in [5.41, 5.74) is 3.13. The van der Waals surface area contributed by atoms with Crippen LogP contribution >= 0.6 is 12.2 Å². The number of rotatable bonds is 8. The molecule has 2 aliphatic heterocycles. The standard InChI is InChI=1S/C29H27FN4O3S/c30-22-10-12-23(13-11-22)31-26(35)17-25-28(37)34(19-20-5-2-1-3-6-20)29(38)33(25)18-21-8-14-24(15-9-21)32-16-4-7-27(32)36/h1-3,5-6,8-15,25H,4,7,16-19H2,(H,31,35)/t25-/m0/s1. The van der Waals surface area contributed by atoms with E-state index in [4.69, 9.17) is 12.2 Å². The van der Waals surface area contributed by atoms with Gasteiger partial charge in [0.05, 0.1) is 13.0 Å². The van der Waals surface area contributed by atoms with Crippen LogP contribution in [-0.4, -0.2) is 45.2 Å². The summed E-state index contributed by atoms with van der Waals surface area (Å²) in [6.07, 6.45) is 1.30. The maximum Gasteiger partial charge on any atom is 0.252 e. The number of nitrogens with one attached hydrogen (secondary N) is 1. The zero-order chi connectivity index (χ0) is 26.6. The molecule has 9 heteroatoms. The number of carbonyl (C=O) groups is 3. The minimum Gasteiger partial charge on any atom is -0.332 e. The summed E-state index contributed by atoms with van der Waals surface area (Å²) in [7, 11) is 0. The molecule has 1 N–H and O–H groups in total. The van der Waals surface area contributed by atoms with Crippen LogP contribution in [-0.2, 0) is 27.5 Å². The average Bonchev–Trinajstić information content (AvgIpc) is 3.44. The van der Waals surface area contributed by atoms with Crippen molar-refractivity contribution in [3.8, 4) is 0 Å². The lowest BCUT2D eigenvalue weighted by atomic mass is 10.1. The van der Waals surface area contributed by atoms with E-state index >= 15 is 0 Å². The zero-order valence-corrected chi connectivity index (χ0v) is 21.5. The lowest BCUT2D eigenvalue weighted by Gasteiger charge is -2.24. The largest absolute Gasteiger partial charge is 0.332 e. The highest BCUT2D eigenvalue weighted by Gasteiger charge is 2.43. The van der Waals surface area contributed by atoms with Gasteiger partial charge in [0.1, 0.15) is 11.9 Å². The summed E-state index contributed by atoms with van der Waals surface area (Å²) >= 11 is 5.74. The molecule has 0 aromatic heterocycles. The third-order valence-corrected chi connectivity index (χ3v) is 7.22. The van der Waals surface area contributed by atoms with Crippen LogP contribution in [0.5, 0.6) is 0 Å². The van der Waals surface area contributed by atoms with E-state index in [1.54, 1.807) is 9.80 Å². The SMILES string of the molecule is O=C(C[C@H]1C(=O)N(Cc2ccccc2)C(=S)N1Cc1ccc(N2CCCC2=O)cc1)Nc1ccc(F)cc1. The normalized spacial score (nSPS) is 17.4. The molecule has 2 saturated heterocycles. The molecule has 5 rings (SSSR count). The molecule has 0 unspecified atom stereocenters. The molecule has 0 saturated carbocycles. The molecule has 0 spiro atoms. The Morgan fingerprint density at radius 3 is 2.26 bits per heavy atom. The van der Waals surface area contributed by atoms with Gasteiger partial charge in [-0.25, -0.2) is 4.39 Å². The van der Waals surface area contributed by atoms with Crippen LogP contribution in [0.2, 0.25) is 0 Å². The lowest BCUT2D eigenvalue weighted by molar-refractivity contribution is -0.131. The van der Waals surface area contributed by atoms with Gasteiger partial charge in [-0.05, 0) is 66.2 Å². The van der Waals surface area contributed by atoms with Gasteiger partial charge in [0, 0.05) is 30.9 Å². The van der Waals surface area contributed by atoms with Crippen LogP contribution in [0.15, 0.2) is 78.9 Å². The smallest absolute Gasteiger partial charge is 0.252 e. The topological polar surface area (TPSA) is 73.0 Å². The van der Waals surface area contributed by atoms with Crippen LogP contribution in [0.3, 0.4) is 0 Å². The van der Waals surface area contributed by atoms with Crippen molar-refractivity contribution in [3.63, 3.8) is 0 Å². The van der Waals surface area contributed by atoms with Crippen molar-refractivity contribution in [2.75, 3.05) is 16.8 Å². The number of nitrogens with zero attached hydrogens (tertiary/aromatic N) is 3. The molecule has 3 aromatic rings. The Morgan fingerprint density at radius 2 is 1.61 bits per heavy atom. The Balaban J connectivity index is 1.35. The molecule has 2 aliphatic rings. The van der Waals surface area contributed by atoms with Gasteiger partial charge in [0.25, 0.3) is 5.91 Å². The van der Waals surface area contributed by atoms with E-state index in [-0.39, 0.29) is 24.1 Å². The molecule has 3 aromatic carbocycles. The highest BCUT2D eigenvalue weighted by atomic mass is 32.1. The van der Waals surface area contributed by atoms with Crippen molar-refractivity contribution in [2.45, 2.75) is 38.4 Å². The number of carbonyl (C=O) groups excluding carboxylic acids is 3. The van der Waals surface area contributed by atoms with E-state index in [9.17, 15) is 18.8 Å². The van der Waals surface area contributed by atoms with Gasteiger partial charge in [0.2, 0.25) is 11.8 Å². The van der Waals surface area contributed by atoms with Crippen molar-refractivity contribution >= 4 is 46.4 Å². The number of hydrogen-bond acceptors (Lipinski definition) is 4. The molecule has 7 nitrogen and oxygen atoms in total. The second-order valence-corrected chi connectivity index (χ2v) is 9.78. The molecule has 38 heavy (non-hydrogen) atoms. The van der Waals surface area contributed by atoms with Gasteiger partial charge < -0.3 is 15.1 Å². The monoisotopic (exact) mass is 530 g/mol. The minimum atomic E-state index is -0.786. The fourth-order valence-electron chi connectivity index (χ4n) is 4.80. The lowest BCUT2D eigenvalue weighted by Crippen LogP contribution is -2.37. The van der Waals surface area contributed by atoms with E-state index in [1.165, 1.54) is 29.2 Å². The van der Waals surface area contributed by atoms with Crippen molar-refractivity contribution in [1.29, 1.82) is 0 Å². The van der Waals surface area contributed by atoms with Gasteiger partial charge in [0.15, 0.2) is 5.11 Å². The summed E-state index contributed by atoms with van der Waals surface area (Å²) in [5.74, 6) is -0.894. The number of hydrogen-bond donors (Lipinski definition) is 1. The van der Waals surface area contributed by atoms with Gasteiger partial charge >= 0.3 is 0 Å². The van der Waals surface area contributed by atoms with E-state index < -0.39 is 11.9 Å². The number of halogens is 1. The number of thiocarbonyl (C=S) groups is 1. The molecule has 2 fully saturated rings. The highest BCUT2D eigenvalue weighted by molar-refractivity contribution is 7.80. The van der Waals surface area contributed by atoms with Crippen molar-refractivity contribution in [1.82, 2.24) is 9.80 Å². The van der Waals surface area contributed by atoms with E-state index in [2.05, 4.69) is 5.32 Å². The second kappa shape index (κ2) is 11.1. The third kappa shape index (κ3) is 5.57. The Labute approximate surface area is 225 Å². The molecular weight excluding hydrogens is 503 g/mol. The van der Waals surface area contributed by atoms with Gasteiger partial charge in [-0.1, -0.05) is 42.5 Å². The Bertz CT molecular complexity index is 1350. The Morgan fingerprint density at radius 1 is 0.921 bits per heavy atom. The zero-order valence-electron chi connectivity index (χ0n) is 20.7. The number of amides is 3. The molecule has 0 bridgehead atoms. The van der Waals surface area contributed by atoms with Crippen LogP contribution in [0.1, 0.15) is 30.4 Å². The van der Waals surface area contributed by atoms with Crippen molar-refractivity contribution in [2.24, 2.45) is 0 Å². The Hall–Kier alpha value is -4.11. The minimum absolute atomic E-state index is 0.109. The summed E-state index contributed by atoms with van der Waals surface area (Å²) in [6.45, 7) is 1.35. The number of anilines is 2. The first-order valence-corrected chi connectivity index (χ1v) is 12.9. The van der Waals surface area contributed by atoms with E-state index in [0.717, 1.165) is 23.2 Å². The molecule has 3 amide bonds. The first kappa shape index (κ1) is 25.5. The molecule has 2 heterocycles. The molecule has 0 aliphatic carbocycles. The summed E-state index contributed by atoms with van der Waals surface area (Å²) in [4.78, 5) is 43.6. The highest BCUT2D eigenvalue weighted by Crippen LogP contribution is 2.27. The molecule has 194 valence electrons. The van der Waals surface area contributed by atoms with E-state index in [1.807, 2.05) is 54.6 Å². The van der Waals surface area contributed by atoms with Crippen LogP contribution in [0.4, 0.5) is 15.8 Å². The molecule has 0 radical (unpaired) electrons. The van der Waals surface area contributed by atoms with Crippen molar-refractivity contribution in [3.05, 3.63) is 95.8 Å². The fraction of sp³-hybridized carbons (Fsp3) is 0.241. The fourth-order valence-corrected chi connectivity index (χ4v) is 5.15. The predicted octanol–water partition coefficient (Wildman–Crippen LogP) is 4.48. The maximum absolute atomic E-state index is 13.5. The summed E-state index contributed by atoms with van der Waals surface area (Å²) < 4.78 is 13.3. The van der Waals surface area contributed by atoms with Gasteiger partial charge in [-0.3, -0.25) is 19.3 Å². The first-order chi connectivity index (χ1) is 18.4. The first-order valence-electron chi connectivity index (χ1n) is 12.5. The van der Waals surface area contributed by atoms with Gasteiger partial charge in [-0.2, -0.15) is 0 Å². The van der Waals surface area contributed by atoms with Crippen molar-refractivity contribution < 1.29 is 18.8 Å². The third-order valence-electron chi connectivity index (χ3n) is 6.77. The van der Waals surface area contributed by atoms with Gasteiger partial charge in [-0.15, -0.1) is 0 Å². The second-order valence-electron chi connectivity index (χ2n) is 9.41. The average molecular weight is 531 g/mol. The summed E-state index contributed by atoms with van der Waals surface area (Å²) in [6, 6.07) is 21.9. The quantitative estimate of drug-likeness (QED) is 0.435. The maximum atomic E-state index is 13.5. The van der Waals surface area contributed by atoms with Crippen LogP contribution < -0.4 is 10.2 Å². The van der Waals surface area contributed by atoms with Crippen LogP contribution in [0, 0.1) is 5.82 Å². The Kier molecular flexibility index (Phi) is 7.46. The molecule has 1 atom stereocenters. The predicted molar refractivity (Wildman–Crippen MR) is 147 cm³/mol. The number of benzene rings is 3. The van der Waals surface area contributed by atoms with Crippen LogP contribution in [0.25, 0.3) is 0 Å². The molecular formula is C29H27FN4O3S.